The van der Waals surface area contributed by atoms with Crippen LogP contribution >= 0.6 is 0 Å². The molecular weight excluding hydrogens is 997 g/mol. The van der Waals surface area contributed by atoms with Gasteiger partial charge in [0.15, 0.2) is 0 Å². The van der Waals surface area contributed by atoms with E-state index in [9.17, 15) is 0 Å². The minimum Gasteiger partial charge on any atom is -0.0622 e. The van der Waals surface area contributed by atoms with Crippen LogP contribution in [0.3, 0.4) is 0 Å². The molecule has 0 amide bonds. The summed E-state index contributed by atoms with van der Waals surface area (Å²) in [5, 5.41) is 10.5. The van der Waals surface area contributed by atoms with Gasteiger partial charge in [0.05, 0.1) is 0 Å². The molecule has 0 unspecified atom stereocenters. The lowest BCUT2D eigenvalue weighted by Gasteiger charge is -2.27. The van der Waals surface area contributed by atoms with Gasteiger partial charge in [0, 0.05) is 0 Å². The van der Waals surface area contributed by atoms with Crippen molar-refractivity contribution in [1.82, 2.24) is 0 Å². The minimum atomic E-state index is 1.20. The highest BCUT2D eigenvalue weighted by Crippen LogP contribution is 2.65. The van der Waals surface area contributed by atoms with Crippen LogP contribution in [0.15, 0.2) is 273 Å². The van der Waals surface area contributed by atoms with Gasteiger partial charge in [0.1, 0.15) is 0 Å². The first-order valence-corrected chi connectivity index (χ1v) is 29.2. The van der Waals surface area contributed by atoms with Crippen LogP contribution in [0.4, 0.5) is 0 Å². The molecule has 0 N–H and O–H groups in total. The summed E-state index contributed by atoms with van der Waals surface area (Å²) in [5.74, 6) is 0. The van der Waals surface area contributed by atoms with Gasteiger partial charge >= 0.3 is 0 Å². The molecule has 0 heteroatoms. The Morgan fingerprint density at radius 1 is 0.145 bits per heavy atom. The van der Waals surface area contributed by atoms with Crippen molar-refractivity contribution in [1.29, 1.82) is 0 Å². The molecule has 0 aromatic heterocycles. The van der Waals surface area contributed by atoms with Crippen molar-refractivity contribution in [2.75, 3.05) is 0 Å². The van der Waals surface area contributed by atoms with E-state index in [4.69, 9.17) is 0 Å². The smallest absolute Gasteiger partial charge is 0.000708 e. The fourth-order valence-electron chi connectivity index (χ4n) is 15.1. The molecule has 0 spiro atoms. The van der Waals surface area contributed by atoms with Crippen LogP contribution in [0, 0.1) is 20.8 Å². The highest BCUT2D eigenvalue weighted by atomic mass is 14.4. The number of rotatable bonds is 8. The van der Waals surface area contributed by atoms with Crippen LogP contribution in [0.5, 0.6) is 0 Å². The summed E-state index contributed by atoms with van der Waals surface area (Å²) in [6.45, 7) is 6.85. The van der Waals surface area contributed by atoms with Gasteiger partial charge in [0.25, 0.3) is 0 Å². The Kier molecular flexibility index (Phi) is 10.5. The second kappa shape index (κ2) is 18.3. The number of hydrogen-bond donors (Lipinski definition) is 0. The third-order valence-corrected chi connectivity index (χ3v) is 18.5. The minimum absolute atomic E-state index is 1.20. The zero-order valence-electron chi connectivity index (χ0n) is 46.5. The molecule has 17 rings (SSSR count). The summed E-state index contributed by atoms with van der Waals surface area (Å²) in [6, 6.07) is 103. The van der Waals surface area contributed by atoms with Crippen LogP contribution < -0.4 is 0 Å². The second-order valence-corrected chi connectivity index (χ2v) is 22.9. The average Bonchev–Trinajstić information content (AvgIpc) is 1.67. The quantitative estimate of drug-likeness (QED) is 0.105. The third-order valence-electron chi connectivity index (χ3n) is 18.5. The fraction of sp³-hybridized carbons (Fsp3) is 0.0361. The van der Waals surface area contributed by atoms with E-state index >= 15 is 0 Å². The Morgan fingerprint density at radius 2 is 0.337 bits per heavy atom. The zero-order chi connectivity index (χ0) is 55.0. The summed E-state index contributed by atoms with van der Waals surface area (Å²) < 4.78 is 0. The van der Waals surface area contributed by atoms with Crippen molar-refractivity contribution in [3.8, 4) is 134 Å². The van der Waals surface area contributed by atoms with Crippen LogP contribution in [-0.2, 0) is 0 Å². The van der Waals surface area contributed by atoms with Gasteiger partial charge in [-0.15, -0.1) is 0 Å². The molecule has 386 valence electrons. The van der Waals surface area contributed by atoms with Crippen molar-refractivity contribution in [3.05, 3.63) is 290 Å². The van der Waals surface area contributed by atoms with E-state index in [0.717, 1.165) is 0 Å². The molecule has 0 bridgehead atoms. The Morgan fingerprint density at radius 3 is 0.578 bits per heavy atom. The van der Waals surface area contributed by atoms with Gasteiger partial charge in [-0.05, 0) is 214 Å². The van der Waals surface area contributed by atoms with E-state index in [1.165, 1.54) is 193 Å². The predicted octanol–water partition coefficient (Wildman–Crippen LogP) is 23.3. The number of aryl methyl sites for hydroxylation is 3. The molecular formula is C83H54. The maximum Gasteiger partial charge on any atom is -0.000708 e. The lowest BCUT2D eigenvalue weighted by molar-refractivity contribution is 1.44. The molecule has 0 saturated heterocycles. The Labute approximate surface area is 484 Å². The zero-order valence-corrected chi connectivity index (χ0v) is 46.5. The van der Waals surface area contributed by atoms with E-state index in [1.807, 2.05) is 0 Å². The largest absolute Gasteiger partial charge is 0.0622 e. The lowest BCUT2D eigenvalue weighted by atomic mass is 9.75. The third kappa shape index (κ3) is 6.75. The molecule has 0 saturated carbocycles. The molecule has 15 aromatic rings. The summed E-state index contributed by atoms with van der Waals surface area (Å²) in [5.41, 5.74) is 34.1. The van der Waals surface area contributed by atoms with Gasteiger partial charge < -0.3 is 0 Å². The Bertz CT molecular complexity index is 5000. The average molecular weight is 1050 g/mol. The van der Waals surface area contributed by atoms with Gasteiger partial charge in [-0.1, -0.05) is 273 Å². The summed E-state index contributed by atoms with van der Waals surface area (Å²) in [6.07, 6.45) is 0. The molecule has 2 aliphatic rings. The van der Waals surface area contributed by atoms with E-state index < -0.39 is 0 Å². The first-order valence-electron chi connectivity index (χ1n) is 29.2. The van der Waals surface area contributed by atoms with Crippen molar-refractivity contribution in [3.63, 3.8) is 0 Å². The van der Waals surface area contributed by atoms with Crippen molar-refractivity contribution < 1.29 is 0 Å². The first-order chi connectivity index (χ1) is 41.0. The second-order valence-electron chi connectivity index (χ2n) is 22.9. The molecule has 0 radical (unpaired) electrons. The van der Waals surface area contributed by atoms with Gasteiger partial charge in [-0.2, -0.15) is 0 Å². The molecule has 2 aliphatic carbocycles. The molecule has 0 heterocycles. The van der Waals surface area contributed by atoms with Crippen LogP contribution in [0.1, 0.15) is 16.7 Å². The van der Waals surface area contributed by atoms with Crippen LogP contribution in [-0.4, -0.2) is 0 Å². The molecule has 83 heavy (non-hydrogen) atoms. The monoisotopic (exact) mass is 1050 g/mol. The number of hydrogen-bond acceptors (Lipinski definition) is 0. The fourth-order valence-corrected chi connectivity index (χ4v) is 15.1. The first kappa shape index (κ1) is 47.4. The molecule has 0 aliphatic heterocycles. The predicted molar refractivity (Wildman–Crippen MR) is 354 cm³/mol. The number of benzene rings is 15. The molecule has 0 atom stereocenters. The summed E-state index contributed by atoms with van der Waals surface area (Å²) in [7, 11) is 0. The van der Waals surface area contributed by atoms with Gasteiger partial charge in [-0.25, -0.2) is 0 Å². The van der Waals surface area contributed by atoms with E-state index in [1.54, 1.807) is 0 Å². The summed E-state index contributed by atoms with van der Waals surface area (Å²) in [4.78, 5) is 0. The highest BCUT2D eigenvalue weighted by molar-refractivity contribution is 6.42. The summed E-state index contributed by atoms with van der Waals surface area (Å²) >= 11 is 0. The SMILES string of the molecule is Cc1ccccc1-c1c(-c2ccccc2)c(-c2ccccc2)c(-c2ccccc2)c2c1-c1ccc3c4ccc5c6c(ccc(c7ccc-2c1c73)c64)-c1c(-c2ccccc2C)c(-c2ccccc2)c(-c2ccccc2)c(-c2ccccc2C)c1-5. The standard InChI is InChI=1S/C83H54/c1-49-25-19-22-38-57(49)77-69(53-30-11-5-12-31-53)68(52-28-9-4-10-29-52)70(54-32-13-6-14-33-54)80-64-45-41-60-62-43-47-66-76-67(48-44-63(74(62)76)61-42-46-65(81(77)80)75(64)73(60)61)83-79(59-40-24-21-27-51(59)3)72(56-36-17-8-18-37-56)71(55-34-15-7-16-35-55)78(82(66)83)58-39-23-20-26-50(58)2/h4-48H,1-3H3. The maximum absolute atomic E-state index is 2.49. The van der Waals surface area contributed by atoms with Crippen molar-refractivity contribution in [2.24, 2.45) is 0 Å². The molecule has 0 fully saturated rings. The van der Waals surface area contributed by atoms with Crippen molar-refractivity contribution >= 4 is 43.1 Å². The van der Waals surface area contributed by atoms with Crippen LogP contribution in [0.2, 0.25) is 0 Å². The van der Waals surface area contributed by atoms with Crippen molar-refractivity contribution in [2.45, 2.75) is 20.8 Å². The van der Waals surface area contributed by atoms with E-state index in [2.05, 4.69) is 294 Å². The van der Waals surface area contributed by atoms with Crippen LogP contribution in [0.25, 0.3) is 177 Å². The number of fused-ring (bicyclic) bond motifs is 8. The maximum atomic E-state index is 2.49. The Hall–Kier alpha value is -10.4. The van der Waals surface area contributed by atoms with Gasteiger partial charge in [0.2, 0.25) is 0 Å². The lowest BCUT2D eigenvalue weighted by Crippen LogP contribution is -2.01. The van der Waals surface area contributed by atoms with E-state index in [0.29, 0.717) is 0 Å². The molecule has 0 nitrogen and oxygen atoms in total. The topological polar surface area (TPSA) is 0 Å². The Balaban J connectivity index is 1.03. The van der Waals surface area contributed by atoms with Gasteiger partial charge in [-0.3, -0.25) is 0 Å². The normalized spacial score (nSPS) is 12.0. The highest BCUT2D eigenvalue weighted by Gasteiger charge is 2.38. The molecule has 15 aromatic carbocycles. The van der Waals surface area contributed by atoms with E-state index in [-0.39, 0.29) is 0 Å².